The fourth-order valence-corrected chi connectivity index (χ4v) is 5.37. The third-order valence-electron chi connectivity index (χ3n) is 6.56. The van der Waals surface area contributed by atoms with Gasteiger partial charge in [-0.1, -0.05) is 66.9 Å². The van der Waals surface area contributed by atoms with Gasteiger partial charge in [0.1, 0.15) is 0 Å². The zero-order chi connectivity index (χ0) is 20.6. The number of hydrogen-bond acceptors (Lipinski definition) is 2. The van der Waals surface area contributed by atoms with Crippen molar-refractivity contribution in [1.29, 1.82) is 0 Å². The molecule has 0 unspecified atom stereocenters. The van der Waals surface area contributed by atoms with E-state index in [4.69, 9.17) is 8.85 Å². The maximum absolute atomic E-state index is 6.76. The Morgan fingerprint density at radius 3 is 1.81 bits per heavy atom. The van der Waals surface area contributed by atoms with Crippen LogP contribution in [-0.2, 0) is 8.85 Å². The molecule has 2 atom stereocenters. The Hall–Kier alpha value is -0.426. The van der Waals surface area contributed by atoms with E-state index in [2.05, 4.69) is 87.0 Å². The van der Waals surface area contributed by atoms with E-state index in [9.17, 15) is 0 Å². The zero-order valence-corrected chi connectivity index (χ0v) is 21.0. The number of hydrogen-bond donors (Lipinski definition) is 0. The van der Waals surface area contributed by atoms with E-state index in [1.54, 1.807) is 0 Å². The molecule has 0 aliphatic heterocycles. The maximum atomic E-state index is 6.76. The molecule has 0 aromatic heterocycles. The Labute approximate surface area is 165 Å². The predicted octanol–water partition coefficient (Wildman–Crippen LogP) is 7.23. The van der Waals surface area contributed by atoms with E-state index < -0.39 is 16.6 Å². The topological polar surface area (TPSA) is 18.5 Å². The molecule has 0 aromatic rings. The second-order valence-electron chi connectivity index (χ2n) is 10.8. The molecule has 1 rings (SSSR count). The second-order valence-corrected chi connectivity index (χ2v) is 20.3. The van der Waals surface area contributed by atoms with Crippen LogP contribution in [0, 0.1) is 0 Å². The van der Waals surface area contributed by atoms with Gasteiger partial charge in [0.2, 0.25) is 0 Å². The Bertz CT molecular complexity index is 560. The minimum absolute atomic E-state index is 0.0469. The first-order valence-electron chi connectivity index (χ1n) is 9.88. The summed E-state index contributed by atoms with van der Waals surface area (Å²) in [7, 11) is -3.69. The van der Waals surface area contributed by atoms with E-state index in [1.165, 1.54) is 5.57 Å². The molecule has 0 amide bonds. The van der Waals surface area contributed by atoms with Crippen molar-refractivity contribution in [3.05, 3.63) is 36.5 Å². The average molecular weight is 395 g/mol. The molecule has 0 N–H and O–H groups in total. The standard InChI is InChI=1S/C22H42O2Si2/c1-13-14-18-15-19(23-25(9,10)21(3,4)5)16-20(17(18)2)24-26(11,12)22(6,7)8/h13-14,19-20H,1-2,15-16H2,3-12H3/b18-14-/t19-,20-/m0/s1. The average Bonchev–Trinajstić information content (AvgIpc) is 2.40. The molecule has 0 spiro atoms. The van der Waals surface area contributed by atoms with E-state index in [0.717, 1.165) is 18.4 Å². The lowest BCUT2D eigenvalue weighted by Crippen LogP contribution is -2.49. The zero-order valence-electron chi connectivity index (χ0n) is 19.0. The Balaban J connectivity index is 3.10. The lowest BCUT2D eigenvalue weighted by atomic mass is 9.86. The van der Waals surface area contributed by atoms with Gasteiger partial charge in [-0.2, -0.15) is 0 Å². The molecule has 0 heterocycles. The summed E-state index contributed by atoms with van der Waals surface area (Å²) in [4.78, 5) is 0. The first-order chi connectivity index (χ1) is 11.5. The smallest absolute Gasteiger partial charge is 0.192 e. The highest BCUT2D eigenvalue weighted by molar-refractivity contribution is 6.74. The van der Waals surface area contributed by atoms with Crippen molar-refractivity contribution >= 4 is 16.6 Å². The van der Waals surface area contributed by atoms with Crippen molar-refractivity contribution < 1.29 is 8.85 Å². The van der Waals surface area contributed by atoms with Gasteiger partial charge in [-0.25, -0.2) is 0 Å². The van der Waals surface area contributed by atoms with E-state index >= 15 is 0 Å². The second kappa shape index (κ2) is 7.90. The van der Waals surface area contributed by atoms with E-state index in [-0.39, 0.29) is 22.3 Å². The molecule has 1 aliphatic rings. The van der Waals surface area contributed by atoms with Crippen LogP contribution in [0.2, 0.25) is 36.3 Å². The van der Waals surface area contributed by atoms with Crippen LogP contribution >= 0.6 is 0 Å². The van der Waals surface area contributed by atoms with Crippen LogP contribution in [0.3, 0.4) is 0 Å². The highest BCUT2D eigenvalue weighted by Crippen LogP contribution is 2.43. The van der Waals surface area contributed by atoms with Crippen LogP contribution in [0.25, 0.3) is 0 Å². The lowest BCUT2D eigenvalue weighted by molar-refractivity contribution is 0.0970. The van der Waals surface area contributed by atoms with Gasteiger partial charge in [0, 0.05) is 6.42 Å². The van der Waals surface area contributed by atoms with Crippen LogP contribution in [0.4, 0.5) is 0 Å². The van der Waals surface area contributed by atoms with Gasteiger partial charge < -0.3 is 8.85 Å². The quantitative estimate of drug-likeness (QED) is 0.458. The van der Waals surface area contributed by atoms with Crippen molar-refractivity contribution in [1.82, 2.24) is 0 Å². The number of rotatable bonds is 5. The fraction of sp³-hybridized carbons (Fsp3) is 0.727. The molecule has 0 aromatic carbocycles. The van der Waals surface area contributed by atoms with Gasteiger partial charge in [-0.15, -0.1) is 0 Å². The first-order valence-corrected chi connectivity index (χ1v) is 15.7. The van der Waals surface area contributed by atoms with Crippen LogP contribution in [0.1, 0.15) is 54.4 Å². The SMILES string of the molecule is C=C/C=C1/C[C@H](O[Si](C)(C)C(C)(C)C)C[C@H](O[Si](C)(C)C(C)(C)C)C1=C. The maximum Gasteiger partial charge on any atom is 0.192 e. The van der Waals surface area contributed by atoms with E-state index in [0.29, 0.717) is 0 Å². The Morgan fingerprint density at radius 1 is 0.923 bits per heavy atom. The molecule has 2 nitrogen and oxygen atoms in total. The molecule has 150 valence electrons. The van der Waals surface area contributed by atoms with Gasteiger partial charge in [-0.3, -0.25) is 0 Å². The predicted molar refractivity (Wildman–Crippen MR) is 121 cm³/mol. The van der Waals surface area contributed by atoms with E-state index in [1.807, 2.05) is 6.08 Å². The molecular formula is C22H42O2Si2. The summed E-state index contributed by atoms with van der Waals surface area (Å²) in [5.41, 5.74) is 2.35. The Morgan fingerprint density at radius 2 is 1.38 bits per heavy atom. The highest BCUT2D eigenvalue weighted by atomic mass is 28.4. The summed E-state index contributed by atoms with van der Waals surface area (Å²) in [5.74, 6) is 0. The van der Waals surface area contributed by atoms with Crippen LogP contribution < -0.4 is 0 Å². The highest BCUT2D eigenvalue weighted by Gasteiger charge is 2.44. The summed E-state index contributed by atoms with van der Waals surface area (Å²) >= 11 is 0. The largest absolute Gasteiger partial charge is 0.413 e. The molecule has 1 aliphatic carbocycles. The molecule has 1 saturated carbocycles. The molecule has 26 heavy (non-hydrogen) atoms. The van der Waals surface area contributed by atoms with Gasteiger partial charge in [0.15, 0.2) is 16.6 Å². The minimum atomic E-state index is -1.87. The third kappa shape index (κ3) is 5.54. The summed E-state index contributed by atoms with van der Waals surface area (Å²) in [5, 5.41) is 0.391. The number of allylic oxidation sites excluding steroid dienone is 2. The molecule has 0 bridgehead atoms. The van der Waals surface area contributed by atoms with Crippen molar-refractivity contribution in [3.63, 3.8) is 0 Å². The first kappa shape index (κ1) is 23.6. The summed E-state index contributed by atoms with van der Waals surface area (Å²) in [6.07, 6.45) is 6.01. The summed E-state index contributed by atoms with van der Waals surface area (Å²) in [6, 6.07) is 0. The van der Waals surface area contributed by atoms with Crippen molar-refractivity contribution in [2.75, 3.05) is 0 Å². The normalized spacial score (nSPS) is 24.8. The lowest BCUT2D eigenvalue weighted by Gasteiger charge is -2.45. The van der Waals surface area contributed by atoms with Gasteiger partial charge in [0.05, 0.1) is 12.2 Å². The molecular weight excluding hydrogens is 352 g/mol. The molecule has 0 radical (unpaired) electrons. The third-order valence-corrected chi connectivity index (χ3v) is 15.6. The fourth-order valence-electron chi connectivity index (χ4n) is 2.70. The van der Waals surface area contributed by atoms with Crippen LogP contribution in [-0.4, -0.2) is 28.8 Å². The van der Waals surface area contributed by atoms with Crippen molar-refractivity contribution in [3.8, 4) is 0 Å². The van der Waals surface area contributed by atoms with Crippen LogP contribution in [0.5, 0.6) is 0 Å². The molecule has 4 heteroatoms. The Kier molecular flexibility index (Phi) is 7.18. The van der Waals surface area contributed by atoms with Gasteiger partial charge in [0.25, 0.3) is 0 Å². The summed E-state index contributed by atoms with van der Waals surface area (Å²) < 4.78 is 13.5. The van der Waals surface area contributed by atoms with Gasteiger partial charge in [-0.05, 0) is 53.8 Å². The monoisotopic (exact) mass is 394 g/mol. The molecule has 0 saturated heterocycles. The minimum Gasteiger partial charge on any atom is -0.413 e. The van der Waals surface area contributed by atoms with Crippen molar-refractivity contribution in [2.24, 2.45) is 0 Å². The van der Waals surface area contributed by atoms with Gasteiger partial charge >= 0.3 is 0 Å². The molecule has 1 fully saturated rings. The van der Waals surface area contributed by atoms with Crippen LogP contribution in [0.15, 0.2) is 36.5 Å². The van der Waals surface area contributed by atoms with Crippen molar-refractivity contribution in [2.45, 2.75) is 103 Å². The summed E-state index contributed by atoms with van der Waals surface area (Å²) in [6.45, 7) is 31.3.